The third kappa shape index (κ3) is 4.68. The van der Waals surface area contributed by atoms with Crippen molar-refractivity contribution in [2.24, 2.45) is 5.92 Å². The molecule has 30 heavy (non-hydrogen) atoms. The van der Waals surface area contributed by atoms with Gasteiger partial charge in [0.05, 0.1) is 10.6 Å². The second-order valence-corrected chi connectivity index (χ2v) is 10.9. The van der Waals surface area contributed by atoms with Gasteiger partial charge in [-0.25, -0.2) is 25.6 Å². The van der Waals surface area contributed by atoms with Crippen LogP contribution in [0, 0.1) is 17.6 Å². The van der Waals surface area contributed by atoms with E-state index in [1.54, 1.807) is 0 Å². The van der Waals surface area contributed by atoms with Crippen LogP contribution >= 0.6 is 0 Å². The number of carbonyl (C=O) groups excluding carboxylic acids is 1. The molecule has 0 unspecified atom stereocenters. The SMILES string of the molecule is CS(=O)(=O)c1ccccc1S(=O)(=O)N1CCC(C(=O)Nc2ccc(F)cc2F)CC1. The molecule has 2 aromatic carbocycles. The molecule has 2 aromatic rings. The molecule has 1 heterocycles. The fourth-order valence-corrected chi connectivity index (χ4v) is 6.36. The van der Waals surface area contributed by atoms with Crippen LogP contribution in [-0.2, 0) is 24.7 Å². The smallest absolute Gasteiger partial charge is 0.244 e. The summed E-state index contributed by atoms with van der Waals surface area (Å²) in [5, 5.41) is 2.39. The van der Waals surface area contributed by atoms with Gasteiger partial charge in [0, 0.05) is 31.3 Å². The van der Waals surface area contributed by atoms with Gasteiger partial charge in [-0.3, -0.25) is 4.79 Å². The number of benzene rings is 2. The summed E-state index contributed by atoms with van der Waals surface area (Å²) in [6, 6.07) is 8.16. The Kier molecular flexibility index (Phi) is 6.25. The van der Waals surface area contributed by atoms with Crippen LogP contribution in [-0.4, -0.2) is 46.4 Å². The summed E-state index contributed by atoms with van der Waals surface area (Å²) in [4.78, 5) is 11.8. The lowest BCUT2D eigenvalue weighted by molar-refractivity contribution is -0.120. The minimum absolute atomic E-state index is 0.00438. The monoisotopic (exact) mass is 458 g/mol. The first-order valence-corrected chi connectivity index (χ1v) is 12.4. The highest BCUT2D eigenvalue weighted by Gasteiger charge is 2.34. The van der Waals surface area contributed by atoms with Gasteiger partial charge in [0.1, 0.15) is 16.5 Å². The van der Waals surface area contributed by atoms with Crippen molar-refractivity contribution in [2.45, 2.75) is 22.6 Å². The quantitative estimate of drug-likeness (QED) is 0.742. The number of amides is 1. The first-order valence-electron chi connectivity index (χ1n) is 9.05. The molecule has 1 saturated heterocycles. The van der Waals surface area contributed by atoms with Crippen molar-refractivity contribution in [1.29, 1.82) is 0 Å². The fourth-order valence-electron chi connectivity index (χ4n) is 3.29. The van der Waals surface area contributed by atoms with E-state index in [1.807, 2.05) is 0 Å². The third-order valence-electron chi connectivity index (χ3n) is 4.88. The Bertz CT molecular complexity index is 1180. The Morgan fingerprint density at radius 2 is 1.60 bits per heavy atom. The number of rotatable bonds is 5. The number of hydrogen-bond donors (Lipinski definition) is 1. The van der Waals surface area contributed by atoms with Gasteiger partial charge < -0.3 is 5.32 Å². The molecule has 7 nitrogen and oxygen atoms in total. The molecule has 1 N–H and O–H groups in total. The van der Waals surface area contributed by atoms with E-state index in [4.69, 9.17) is 0 Å². The van der Waals surface area contributed by atoms with E-state index in [0.717, 1.165) is 22.7 Å². The molecule has 11 heteroatoms. The maximum absolute atomic E-state index is 13.7. The highest BCUT2D eigenvalue weighted by molar-refractivity contribution is 7.93. The molecule has 162 valence electrons. The standard InChI is InChI=1S/C19H20F2N2O5S2/c1-29(25,26)17-4-2-3-5-18(17)30(27,28)23-10-8-13(9-11-23)19(24)22-16-7-6-14(20)12-15(16)21/h2-7,12-13H,8-11H2,1H3,(H,22,24). The molecule has 0 aliphatic carbocycles. The van der Waals surface area contributed by atoms with Crippen molar-refractivity contribution < 1.29 is 30.4 Å². The van der Waals surface area contributed by atoms with Crippen molar-refractivity contribution in [3.05, 3.63) is 54.1 Å². The number of piperidine rings is 1. The van der Waals surface area contributed by atoms with Crippen molar-refractivity contribution in [3.8, 4) is 0 Å². The van der Waals surface area contributed by atoms with Gasteiger partial charge in [-0.15, -0.1) is 0 Å². The molecule has 1 aliphatic rings. The number of nitrogens with zero attached hydrogens (tertiary/aromatic N) is 1. The average molecular weight is 459 g/mol. The second-order valence-electron chi connectivity index (χ2n) is 7.01. The van der Waals surface area contributed by atoms with Crippen LogP contribution in [0.25, 0.3) is 0 Å². The number of sulfone groups is 1. The van der Waals surface area contributed by atoms with Crippen LogP contribution in [0.1, 0.15) is 12.8 Å². The normalized spacial score (nSPS) is 16.4. The molecule has 3 rings (SSSR count). The molecule has 1 fully saturated rings. The summed E-state index contributed by atoms with van der Waals surface area (Å²) in [6.45, 7) is 0.00876. The van der Waals surface area contributed by atoms with Crippen LogP contribution in [0.4, 0.5) is 14.5 Å². The van der Waals surface area contributed by atoms with Crippen LogP contribution in [0.15, 0.2) is 52.3 Å². The van der Waals surface area contributed by atoms with E-state index in [0.29, 0.717) is 6.07 Å². The van der Waals surface area contributed by atoms with Gasteiger partial charge in [-0.2, -0.15) is 4.31 Å². The van der Waals surface area contributed by atoms with E-state index >= 15 is 0 Å². The second kappa shape index (κ2) is 8.40. The number of anilines is 1. The molecule has 0 saturated carbocycles. The summed E-state index contributed by atoms with van der Waals surface area (Å²) in [6.07, 6.45) is 1.29. The summed E-state index contributed by atoms with van der Waals surface area (Å²) in [5.74, 6) is -2.72. The molecule has 0 aromatic heterocycles. The summed E-state index contributed by atoms with van der Waals surface area (Å²) in [7, 11) is -7.83. The Morgan fingerprint density at radius 3 is 2.17 bits per heavy atom. The van der Waals surface area contributed by atoms with Gasteiger partial charge in [-0.1, -0.05) is 12.1 Å². The zero-order chi connectivity index (χ0) is 22.1. The van der Waals surface area contributed by atoms with E-state index in [2.05, 4.69) is 5.32 Å². The summed E-state index contributed by atoms with van der Waals surface area (Å²) in [5.41, 5.74) is -0.154. The molecular formula is C19H20F2N2O5S2. The molecule has 0 spiro atoms. The summed E-state index contributed by atoms with van der Waals surface area (Å²) >= 11 is 0. The van der Waals surface area contributed by atoms with Crippen molar-refractivity contribution >= 4 is 31.5 Å². The lowest BCUT2D eigenvalue weighted by Crippen LogP contribution is -2.41. The Balaban J connectivity index is 1.72. The predicted octanol–water partition coefficient (Wildman–Crippen LogP) is 2.41. The highest BCUT2D eigenvalue weighted by Crippen LogP contribution is 2.28. The van der Waals surface area contributed by atoms with Gasteiger partial charge in [0.15, 0.2) is 9.84 Å². The molecule has 0 atom stereocenters. The predicted molar refractivity (Wildman–Crippen MR) is 106 cm³/mol. The molecule has 1 aliphatic heterocycles. The van der Waals surface area contributed by atoms with E-state index in [9.17, 15) is 30.4 Å². The first-order chi connectivity index (χ1) is 14.0. The minimum atomic E-state index is -4.07. The van der Waals surface area contributed by atoms with Crippen molar-refractivity contribution in [1.82, 2.24) is 4.31 Å². The number of hydrogen-bond acceptors (Lipinski definition) is 5. The van der Waals surface area contributed by atoms with E-state index < -0.39 is 43.3 Å². The van der Waals surface area contributed by atoms with Gasteiger partial charge in [-0.05, 0) is 37.1 Å². The zero-order valence-electron chi connectivity index (χ0n) is 16.0. The Labute approximate surface area is 173 Å². The topological polar surface area (TPSA) is 101 Å². The lowest BCUT2D eigenvalue weighted by Gasteiger charge is -2.31. The Morgan fingerprint density at radius 1 is 1.00 bits per heavy atom. The number of nitrogens with one attached hydrogen (secondary N) is 1. The highest BCUT2D eigenvalue weighted by atomic mass is 32.2. The minimum Gasteiger partial charge on any atom is -0.323 e. The van der Waals surface area contributed by atoms with Crippen LogP contribution in [0.5, 0.6) is 0 Å². The number of sulfonamides is 1. The van der Waals surface area contributed by atoms with E-state index in [-0.39, 0.29) is 41.4 Å². The largest absolute Gasteiger partial charge is 0.323 e. The molecule has 1 amide bonds. The molecule has 0 bridgehead atoms. The van der Waals surface area contributed by atoms with Crippen LogP contribution in [0.2, 0.25) is 0 Å². The van der Waals surface area contributed by atoms with Gasteiger partial charge in [0.2, 0.25) is 15.9 Å². The molecule has 0 radical (unpaired) electrons. The molecular weight excluding hydrogens is 438 g/mol. The van der Waals surface area contributed by atoms with E-state index in [1.165, 1.54) is 24.3 Å². The first kappa shape index (κ1) is 22.3. The van der Waals surface area contributed by atoms with Crippen molar-refractivity contribution in [2.75, 3.05) is 24.7 Å². The lowest BCUT2D eigenvalue weighted by atomic mass is 9.97. The van der Waals surface area contributed by atoms with Crippen LogP contribution in [0.3, 0.4) is 0 Å². The number of halogens is 2. The number of carbonyl (C=O) groups is 1. The Hall–Kier alpha value is -2.37. The fraction of sp³-hybridized carbons (Fsp3) is 0.316. The van der Waals surface area contributed by atoms with Gasteiger partial charge >= 0.3 is 0 Å². The average Bonchev–Trinajstić information content (AvgIpc) is 2.69. The van der Waals surface area contributed by atoms with Gasteiger partial charge in [0.25, 0.3) is 0 Å². The third-order valence-corrected chi connectivity index (χ3v) is 8.12. The maximum atomic E-state index is 13.7. The van der Waals surface area contributed by atoms with Crippen LogP contribution < -0.4 is 5.32 Å². The van der Waals surface area contributed by atoms with Crippen molar-refractivity contribution in [3.63, 3.8) is 0 Å². The zero-order valence-corrected chi connectivity index (χ0v) is 17.6. The summed E-state index contributed by atoms with van der Waals surface area (Å²) < 4.78 is 77.7. The maximum Gasteiger partial charge on any atom is 0.244 e.